The van der Waals surface area contributed by atoms with Gasteiger partial charge >= 0.3 is 0 Å². The van der Waals surface area contributed by atoms with Gasteiger partial charge in [0.15, 0.2) is 11.3 Å². The van der Waals surface area contributed by atoms with Gasteiger partial charge in [0.05, 0.1) is 11.9 Å². The van der Waals surface area contributed by atoms with Gasteiger partial charge in [-0.05, 0) is 66.4 Å². The maximum atomic E-state index is 14.4. The molecule has 2 N–H and O–H groups in total. The summed E-state index contributed by atoms with van der Waals surface area (Å²) in [6.07, 6.45) is 4.49. The van der Waals surface area contributed by atoms with Crippen LogP contribution >= 0.6 is 0 Å². The van der Waals surface area contributed by atoms with Crippen LogP contribution in [-0.4, -0.2) is 41.8 Å². The fourth-order valence-corrected chi connectivity index (χ4v) is 4.38. The molecule has 0 atom stereocenters. The summed E-state index contributed by atoms with van der Waals surface area (Å²) in [7, 11) is 0. The number of imidazole rings is 1. The molecule has 0 aliphatic heterocycles. The molecule has 6 rings (SSSR count). The molecule has 11 heteroatoms. The number of amides is 1. The molecule has 0 unspecified atom stereocenters. The van der Waals surface area contributed by atoms with Gasteiger partial charge in [0.1, 0.15) is 35.5 Å². The predicted molar refractivity (Wildman–Crippen MR) is 129 cm³/mol. The minimum atomic E-state index is -0.833. The largest absolute Gasteiger partial charge is 0.347 e. The quantitative estimate of drug-likeness (QED) is 0.352. The first-order valence-electron chi connectivity index (χ1n) is 11.7. The Morgan fingerprint density at radius 1 is 1.05 bits per heavy atom. The highest BCUT2D eigenvalue weighted by atomic mass is 19.1. The van der Waals surface area contributed by atoms with Crippen LogP contribution in [0.5, 0.6) is 0 Å². The van der Waals surface area contributed by atoms with Crippen molar-refractivity contribution in [3.05, 3.63) is 89.9 Å². The Hall–Kier alpha value is -4.54. The van der Waals surface area contributed by atoms with Crippen molar-refractivity contribution in [2.75, 3.05) is 0 Å². The molecular weight excluding hydrogens is 483 g/mol. The number of hydrogen-bond donors (Lipinski definition) is 2. The lowest BCUT2D eigenvalue weighted by Gasteiger charge is -2.27. The van der Waals surface area contributed by atoms with Gasteiger partial charge in [0, 0.05) is 24.2 Å². The Kier molecular flexibility index (Phi) is 5.67. The fraction of sp³-hybridized carbons (Fsp3) is 0.192. The van der Waals surface area contributed by atoms with E-state index in [1.807, 2.05) is 0 Å². The van der Waals surface area contributed by atoms with E-state index >= 15 is 0 Å². The number of halogens is 3. The van der Waals surface area contributed by atoms with Crippen LogP contribution in [0.25, 0.3) is 28.0 Å². The zero-order chi connectivity index (χ0) is 25.5. The first kappa shape index (κ1) is 22.9. The van der Waals surface area contributed by atoms with Crippen LogP contribution in [0.2, 0.25) is 0 Å². The third-order valence-electron chi connectivity index (χ3n) is 6.41. The Balaban J connectivity index is 1.19. The molecule has 0 bridgehead atoms. The van der Waals surface area contributed by atoms with Crippen molar-refractivity contribution in [1.82, 2.24) is 35.0 Å². The smallest absolute Gasteiger partial charge is 0.272 e. The zero-order valence-electron chi connectivity index (χ0n) is 19.3. The van der Waals surface area contributed by atoms with Gasteiger partial charge in [0.25, 0.3) is 5.91 Å². The molecule has 3 heterocycles. The third kappa shape index (κ3) is 4.55. The lowest BCUT2D eigenvalue weighted by molar-refractivity contribution is 0.0947. The summed E-state index contributed by atoms with van der Waals surface area (Å²) in [5.41, 5.74) is 3.26. The van der Waals surface area contributed by atoms with E-state index in [-0.39, 0.29) is 24.0 Å². The fourth-order valence-electron chi connectivity index (χ4n) is 4.38. The van der Waals surface area contributed by atoms with Crippen molar-refractivity contribution in [1.29, 1.82) is 0 Å². The number of H-pyrrole nitrogens is 1. The average Bonchev–Trinajstić information content (AvgIpc) is 3.53. The van der Waals surface area contributed by atoms with Crippen LogP contribution < -0.4 is 5.32 Å². The van der Waals surface area contributed by atoms with Crippen LogP contribution in [0.3, 0.4) is 0 Å². The molecule has 1 aliphatic rings. The minimum absolute atomic E-state index is 0.0294. The number of aromatic amines is 1. The molecule has 1 aliphatic carbocycles. The van der Waals surface area contributed by atoms with Gasteiger partial charge in [-0.1, -0.05) is 0 Å². The Labute approximate surface area is 208 Å². The summed E-state index contributed by atoms with van der Waals surface area (Å²) in [5, 5.41) is 7.04. The van der Waals surface area contributed by atoms with E-state index in [2.05, 4.69) is 30.4 Å². The summed E-state index contributed by atoms with van der Waals surface area (Å²) >= 11 is 0. The number of hydrogen-bond acceptors (Lipinski definition) is 5. The second kappa shape index (κ2) is 9.16. The summed E-state index contributed by atoms with van der Waals surface area (Å²) in [6.45, 7) is 0.0499. The number of nitrogens with zero attached hydrogens (tertiary/aromatic N) is 5. The minimum Gasteiger partial charge on any atom is -0.347 e. The normalized spacial score (nSPS) is 17.1. The highest BCUT2D eigenvalue weighted by Crippen LogP contribution is 2.38. The number of benzene rings is 2. The molecule has 1 amide bonds. The van der Waals surface area contributed by atoms with E-state index < -0.39 is 17.9 Å². The zero-order valence-corrected chi connectivity index (χ0v) is 19.3. The van der Waals surface area contributed by atoms with Gasteiger partial charge < -0.3 is 10.3 Å². The molecule has 0 spiro atoms. The lowest BCUT2D eigenvalue weighted by atomic mass is 9.83. The van der Waals surface area contributed by atoms with Crippen molar-refractivity contribution in [3.8, 4) is 16.8 Å². The van der Waals surface area contributed by atoms with Gasteiger partial charge in [-0.15, -0.1) is 0 Å². The van der Waals surface area contributed by atoms with E-state index in [1.54, 1.807) is 35.3 Å². The standard InChI is InChI=1S/C26H20F3N7O/c27-18-1-3-21(4-2-18)36-12-17(11-33-36)15-5-14(6-19(28)7-15)10-30-26(37)23-22-25(32-13-31-23)35-24(34-22)16-8-20(29)9-16/h1-7,11-13,16,20H,8-10H2,(H,30,37)(H,31,32,34,35). The second-order valence-corrected chi connectivity index (χ2v) is 8.99. The van der Waals surface area contributed by atoms with Crippen LogP contribution in [0, 0.1) is 11.6 Å². The SMILES string of the molecule is O=C(NCc1cc(F)cc(-c2cnn(-c3ccc(F)cc3)c2)c1)c1ncnc2nc(C3CC(F)C3)[nH]c12. The van der Waals surface area contributed by atoms with Gasteiger partial charge in [-0.2, -0.15) is 5.10 Å². The van der Waals surface area contributed by atoms with Gasteiger partial charge in [-0.3, -0.25) is 4.79 Å². The first-order valence-corrected chi connectivity index (χ1v) is 11.7. The van der Waals surface area contributed by atoms with Crippen molar-refractivity contribution < 1.29 is 18.0 Å². The molecule has 2 aromatic carbocycles. The van der Waals surface area contributed by atoms with Gasteiger partial charge in [-0.25, -0.2) is 32.8 Å². The monoisotopic (exact) mass is 503 g/mol. The molecule has 0 radical (unpaired) electrons. The highest BCUT2D eigenvalue weighted by molar-refractivity contribution is 6.02. The van der Waals surface area contributed by atoms with Crippen molar-refractivity contribution >= 4 is 17.1 Å². The van der Waals surface area contributed by atoms with Crippen molar-refractivity contribution in [3.63, 3.8) is 0 Å². The lowest BCUT2D eigenvalue weighted by Crippen LogP contribution is -2.24. The predicted octanol–water partition coefficient (Wildman–Crippen LogP) is 4.63. The molecule has 1 saturated carbocycles. The van der Waals surface area contributed by atoms with Crippen LogP contribution in [0.1, 0.15) is 40.6 Å². The van der Waals surface area contributed by atoms with Gasteiger partial charge in [0.2, 0.25) is 0 Å². The molecule has 0 saturated heterocycles. The number of rotatable bonds is 6. The van der Waals surface area contributed by atoms with Crippen LogP contribution in [-0.2, 0) is 6.54 Å². The van der Waals surface area contributed by atoms with Crippen LogP contribution in [0.15, 0.2) is 61.2 Å². The topological polar surface area (TPSA) is 101 Å². The number of aromatic nitrogens is 6. The van der Waals surface area contributed by atoms with Crippen molar-refractivity contribution in [2.24, 2.45) is 0 Å². The molecule has 37 heavy (non-hydrogen) atoms. The Bertz CT molecular complexity index is 1610. The Morgan fingerprint density at radius 2 is 1.86 bits per heavy atom. The van der Waals surface area contributed by atoms with Crippen LogP contribution in [0.4, 0.5) is 13.2 Å². The van der Waals surface area contributed by atoms with E-state index in [4.69, 9.17) is 0 Å². The third-order valence-corrected chi connectivity index (χ3v) is 6.41. The van der Waals surface area contributed by atoms with Crippen molar-refractivity contribution in [2.45, 2.75) is 31.5 Å². The number of carbonyl (C=O) groups excluding carboxylic acids is 1. The molecule has 186 valence electrons. The molecule has 3 aromatic heterocycles. The summed E-state index contributed by atoms with van der Waals surface area (Å²) in [5.74, 6) is -0.732. The van der Waals surface area contributed by atoms with E-state index in [0.717, 1.165) is 0 Å². The molecular formula is C26H20F3N7O. The molecule has 1 fully saturated rings. The van der Waals surface area contributed by atoms with E-state index in [1.165, 1.54) is 30.6 Å². The maximum Gasteiger partial charge on any atom is 0.272 e. The highest BCUT2D eigenvalue weighted by Gasteiger charge is 2.33. The second-order valence-electron chi connectivity index (χ2n) is 8.99. The molecule has 5 aromatic rings. The number of fused-ring (bicyclic) bond motifs is 1. The Morgan fingerprint density at radius 3 is 2.65 bits per heavy atom. The first-order chi connectivity index (χ1) is 17.9. The number of alkyl halides is 1. The number of carbonyl (C=O) groups is 1. The summed E-state index contributed by atoms with van der Waals surface area (Å²) < 4.78 is 42.5. The molecule has 8 nitrogen and oxygen atoms in total. The summed E-state index contributed by atoms with van der Waals surface area (Å²) in [4.78, 5) is 28.6. The van der Waals surface area contributed by atoms with E-state index in [0.29, 0.717) is 52.2 Å². The van der Waals surface area contributed by atoms with E-state index in [9.17, 15) is 18.0 Å². The average molecular weight is 503 g/mol. The maximum absolute atomic E-state index is 14.4. The summed E-state index contributed by atoms with van der Waals surface area (Å²) in [6, 6.07) is 10.3. The number of nitrogens with one attached hydrogen (secondary N) is 2.